The summed E-state index contributed by atoms with van der Waals surface area (Å²) in [5.41, 5.74) is 13.0. The lowest BCUT2D eigenvalue weighted by molar-refractivity contribution is 0.386. The first-order valence-electron chi connectivity index (χ1n) is 20.1. The molecule has 11 rings (SSSR count). The Labute approximate surface area is 333 Å². The highest BCUT2D eigenvalue weighted by Crippen LogP contribution is 2.59. The minimum atomic E-state index is -0.144. The first-order valence-corrected chi connectivity index (χ1v) is 20.1. The number of furan rings is 1. The van der Waals surface area contributed by atoms with Gasteiger partial charge < -0.3 is 14.6 Å². The van der Waals surface area contributed by atoms with Crippen LogP contribution in [0, 0.1) is 5.92 Å². The molecule has 0 amide bonds. The second kappa shape index (κ2) is 13.3. The van der Waals surface area contributed by atoms with Crippen LogP contribution in [0.2, 0.25) is 0 Å². The average Bonchev–Trinajstić information content (AvgIpc) is 3.76. The van der Waals surface area contributed by atoms with E-state index in [1.54, 1.807) is 0 Å². The molecule has 0 bridgehead atoms. The van der Waals surface area contributed by atoms with Crippen molar-refractivity contribution in [3.05, 3.63) is 216 Å². The monoisotopic (exact) mass is 737 g/mol. The molecule has 57 heavy (non-hydrogen) atoms. The molecule has 2 N–H and O–H groups in total. The van der Waals surface area contributed by atoms with E-state index in [1.165, 1.54) is 49.9 Å². The smallest absolute Gasteiger partial charge is 0.149 e. The van der Waals surface area contributed by atoms with E-state index in [0.29, 0.717) is 0 Å². The first kappa shape index (κ1) is 33.7. The molecule has 8 aromatic rings. The number of allylic oxidation sites excluding steroid dienone is 2. The Kier molecular flexibility index (Phi) is 7.84. The quantitative estimate of drug-likeness (QED) is 0.178. The van der Waals surface area contributed by atoms with Crippen LogP contribution >= 0.6 is 0 Å². The SMILES string of the molecule is CC1(C)c2cc3ccccc3c(N(c3ccccc3)c3ccc(-c4ccccc4)cc3)c2C2C=CC(C3Nc4c(oc5ccccc45)C(c4ccccc4)N3)=CC21. The van der Waals surface area contributed by atoms with Gasteiger partial charge in [0.1, 0.15) is 17.5 Å². The van der Waals surface area contributed by atoms with Crippen LogP contribution in [0.1, 0.15) is 48.3 Å². The standard InChI is InChI=1S/C53H43N3O/c1-53(2)44-33-38(52-54-48(36-18-8-4-9-19-36)51-49(55-52)43-24-14-15-25-46(43)57-51)28-31-42(44)47-45(53)32-37-20-12-13-23-41(37)50(47)56(39-21-10-5-11-22-39)40-29-26-35(27-30-40)34-16-6-3-7-17-34/h3-33,42,44,48,52,54-55H,1-2H3. The van der Waals surface area contributed by atoms with Crippen molar-refractivity contribution >= 4 is 44.5 Å². The van der Waals surface area contributed by atoms with Gasteiger partial charge in [-0.3, -0.25) is 5.32 Å². The number of rotatable bonds is 6. The van der Waals surface area contributed by atoms with Gasteiger partial charge in [0.25, 0.3) is 0 Å². The molecule has 1 aromatic heterocycles. The van der Waals surface area contributed by atoms with Crippen LogP contribution in [0.15, 0.2) is 198 Å². The first-order chi connectivity index (χ1) is 28.0. The molecular weight excluding hydrogens is 695 g/mol. The fourth-order valence-corrected chi connectivity index (χ4v) is 9.80. The van der Waals surface area contributed by atoms with Crippen molar-refractivity contribution in [3.8, 4) is 11.1 Å². The number of fused-ring (bicyclic) bond motifs is 7. The van der Waals surface area contributed by atoms with Gasteiger partial charge in [-0.2, -0.15) is 0 Å². The average molecular weight is 738 g/mol. The maximum Gasteiger partial charge on any atom is 0.149 e. The zero-order valence-electron chi connectivity index (χ0n) is 32.1. The molecule has 1 aliphatic heterocycles. The lowest BCUT2D eigenvalue weighted by Crippen LogP contribution is -2.45. The van der Waals surface area contributed by atoms with Crippen molar-refractivity contribution in [1.29, 1.82) is 0 Å². The van der Waals surface area contributed by atoms with Gasteiger partial charge in [-0.15, -0.1) is 0 Å². The molecule has 4 heteroatoms. The van der Waals surface area contributed by atoms with Gasteiger partial charge in [-0.05, 0) is 86.5 Å². The van der Waals surface area contributed by atoms with Crippen molar-refractivity contribution in [2.24, 2.45) is 5.92 Å². The molecule has 4 atom stereocenters. The van der Waals surface area contributed by atoms with E-state index < -0.39 is 0 Å². The van der Waals surface area contributed by atoms with Gasteiger partial charge in [0.2, 0.25) is 0 Å². The number of nitrogens with one attached hydrogen (secondary N) is 2. The van der Waals surface area contributed by atoms with Gasteiger partial charge in [0, 0.05) is 28.1 Å². The second-order valence-electron chi connectivity index (χ2n) is 16.2. The number of benzene rings is 7. The maximum atomic E-state index is 6.55. The highest BCUT2D eigenvalue weighted by molar-refractivity contribution is 6.03. The fraction of sp³-hybridized carbons (Fsp3) is 0.132. The minimum absolute atomic E-state index is 0.0923. The Morgan fingerprint density at radius 1 is 0.632 bits per heavy atom. The van der Waals surface area contributed by atoms with E-state index in [-0.39, 0.29) is 29.5 Å². The Balaban J connectivity index is 1.04. The number of para-hydroxylation sites is 2. The molecule has 2 heterocycles. The lowest BCUT2D eigenvalue weighted by atomic mass is 9.73. The maximum absolute atomic E-state index is 6.55. The van der Waals surface area contributed by atoms with E-state index in [2.05, 4.69) is 211 Å². The third-order valence-electron chi connectivity index (χ3n) is 12.6. The molecule has 0 spiro atoms. The summed E-state index contributed by atoms with van der Waals surface area (Å²) in [6, 6.07) is 61.0. The summed E-state index contributed by atoms with van der Waals surface area (Å²) in [6.07, 6.45) is 7.30. The molecule has 0 saturated heterocycles. The zero-order valence-corrected chi connectivity index (χ0v) is 32.1. The van der Waals surface area contributed by atoms with Gasteiger partial charge in [-0.25, -0.2) is 0 Å². The number of hydrogen-bond acceptors (Lipinski definition) is 4. The van der Waals surface area contributed by atoms with Gasteiger partial charge in [0.15, 0.2) is 0 Å². The highest BCUT2D eigenvalue weighted by Gasteiger charge is 2.48. The highest BCUT2D eigenvalue weighted by atomic mass is 16.3. The number of hydrogen-bond donors (Lipinski definition) is 2. The van der Waals surface area contributed by atoms with Crippen LogP contribution in [-0.4, -0.2) is 6.17 Å². The van der Waals surface area contributed by atoms with Crippen LogP contribution in [0.4, 0.5) is 22.7 Å². The van der Waals surface area contributed by atoms with Gasteiger partial charge >= 0.3 is 0 Å². The summed E-state index contributed by atoms with van der Waals surface area (Å²) in [7, 11) is 0. The van der Waals surface area contributed by atoms with Crippen LogP contribution in [0.25, 0.3) is 32.9 Å². The molecule has 4 unspecified atom stereocenters. The van der Waals surface area contributed by atoms with E-state index >= 15 is 0 Å². The molecule has 2 aliphatic carbocycles. The Hall–Kier alpha value is -6.62. The minimum Gasteiger partial charge on any atom is -0.457 e. The molecule has 3 aliphatic rings. The summed E-state index contributed by atoms with van der Waals surface area (Å²) in [6.45, 7) is 4.89. The van der Waals surface area contributed by atoms with Gasteiger partial charge in [-0.1, -0.05) is 166 Å². The largest absolute Gasteiger partial charge is 0.457 e. The van der Waals surface area contributed by atoms with Crippen LogP contribution in [0.3, 0.4) is 0 Å². The van der Waals surface area contributed by atoms with E-state index in [0.717, 1.165) is 33.8 Å². The van der Waals surface area contributed by atoms with Crippen LogP contribution < -0.4 is 15.5 Å². The van der Waals surface area contributed by atoms with Crippen molar-refractivity contribution in [2.45, 2.75) is 37.4 Å². The summed E-state index contributed by atoms with van der Waals surface area (Å²) in [4.78, 5) is 2.50. The third kappa shape index (κ3) is 5.47. The third-order valence-corrected chi connectivity index (χ3v) is 12.6. The number of anilines is 4. The van der Waals surface area contributed by atoms with Crippen molar-refractivity contribution in [1.82, 2.24) is 5.32 Å². The second-order valence-corrected chi connectivity index (χ2v) is 16.2. The Morgan fingerprint density at radius 3 is 2.04 bits per heavy atom. The van der Waals surface area contributed by atoms with E-state index in [1.807, 2.05) is 6.07 Å². The molecule has 276 valence electrons. The van der Waals surface area contributed by atoms with E-state index in [4.69, 9.17) is 4.42 Å². The fourth-order valence-electron chi connectivity index (χ4n) is 9.80. The normalized spacial score (nSPS) is 20.4. The van der Waals surface area contributed by atoms with Gasteiger partial charge in [0.05, 0.1) is 17.4 Å². The molecule has 7 aromatic carbocycles. The lowest BCUT2D eigenvalue weighted by Gasteiger charge is -2.36. The molecule has 0 saturated carbocycles. The summed E-state index contributed by atoms with van der Waals surface area (Å²) in [5, 5.41) is 11.5. The summed E-state index contributed by atoms with van der Waals surface area (Å²) >= 11 is 0. The van der Waals surface area contributed by atoms with Crippen molar-refractivity contribution in [2.75, 3.05) is 10.2 Å². The van der Waals surface area contributed by atoms with Crippen LogP contribution in [0.5, 0.6) is 0 Å². The Morgan fingerprint density at radius 2 is 1.26 bits per heavy atom. The predicted octanol–water partition coefficient (Wildman–Crippen LogP) is 13.3. The topological polar surface area (TPSA) is 40.4 Å². The van der Waals surface area contributed by atoms with Crippen LogP contribution in [-0.2, 0) is 5.41 Å². The Bertz CT molecular complexity index is 2840. The van der Waals surface area contributed by atoms with Crippen molar-refractivity contribution < 1.29 is 4.42 Å². The predicted molar refractivity (Wildman–Crippen MR) is 236 cm³/mol. The molecular formula is C53H43N3O. The van der Waals surface area contributed by atoms with Crippen molar-refractivity contribution in [3.63, 3.8) is 0 Å². The molecule has 4 nitrogen and oxygen atoms in total. The molecule has 0 fully saturated rings. The summed E-state index contributed by atoms with van der Waals surface area (Å²) < 4.78 is 6.55. The number of nitrogens with zero attached hydrogens (tertiary/aromatic N) is 1. The summed E-state index contributed by atoms with van der Waals surface area (Å²) in [5.74, 6) is 1.36. The molecule has 0 radical (unpaired) electrons. The zero-order chi connectivity index (χ0) is 38.1. The van der Waals surface area contributed by atoms with E-state index in [9.17, 15) is 0 Å².